The summed E-state index contributed by atoms with van der Waals surface area (Å²) in [5.74, 6) is 0.248. The van der Waals surface area contributed by atoms with Crippen molar-refractivity contribution in [1.82, 2.24) is 0 Å². The summed E-state index contributed by atoms with van der Waals surface area (Å²) in [5.41, 5.74) is -0.632. The van der Waals surface area contributed by atoms with Crippen LogP contribution < -0.4 is 10.2 Å². The van der Waals surface area contributed by atoms with Crippen LogP contribution in [0.3, 0.4) is 0 Å². The van der Waals surface area contributed by atoms with Crippen LogP contribution in [-0.4, -0.2) is 26.8 Å². The number of ether oxygens (including phenoxy) is 2. The molecule has 0 bridgehead atoms. The van der Waals surface area contributed by atoms with E-state index < -0.39 is 12.4 Å². The molecule has 0 aliphatic carbocycles. The highest BCUT2D eigenvalue weighted by Crippen LogP contribution is 2.14. The maximum absolute atomic E-state index is 12.4. The molecule has 0 amide bonds. The van der Waals surface area contributed by atoms with Crippen LogP contribution in [0.15, 0.2) is 24.3 Å². The second kappa shape index (κ2) is 6.54. The molecule has 17 heavy (non-hydrogen) atoms. The minimum Gasteiger partial charge on any atom is -0.494 e. The number of rotatable bonds is 7. The van der Waals surface area contributed by atoms with Gasteiger partial charge >= 0.3 is 6.98 Å². The quantitative estimate of drug-likeness (QED) is 0.544. The Morgan fingerprint density at radius 3 is 2.59 bits per heavy atom. The van der Waals surface area contributed by atoms with Gasteiger partial charge in [-0.05, 0) is 19.1 Å². The Hall–Kier alpha value is -1.17. The predicted octanol–water partition coefficient (Wildman–Crippen LogP) is 2.55. The predicted molar refractivity (Wildman–Crippen MR) is 61.8 cm³/mol. The lowest BCUT2D eigenvalue weighted by atomic mass is 9.80. The van der Waals surface area contributed by atoms with E-state index in [0.717, 1.165) is 12.1 Å². The average molecular weight is 247 g/mol. The molecule has 2 nitrogen and oxygen atoms in total. The van der Waals surface area contributed by atoms with Gasteiger partial charge in [-0.15, -0.1) is 5.46 Å². The molecule has 0 aromatic heterocycles. The first-order valence-corrected chi connectivity index (χ1v) is 5.54. The summed E-state index contributed by atoms with van der Waals surface area (Å²) < 4.78 is 47.6. The van der Waals surface area contributed by atoms with Gasteiger partial charge in [0.1, 0.15) is 5.75 Å². The summed E-state index contributed by atoms with van der Waals surface area (Å²) in [6.45, 7) is -1.53. The van der Waals surface area contributed by atoms with Gasteiger partial charge in [0.05, 0.1) is 6.61 Å². The molecule has 0 atom stereocenters. The van der Waals surface area contributed by atoms with Crippen LogP contribution in [-0.2, 0) is 4.74 Å². The molecular weight excluding hydrogens is 232 g/mol. The van der Waals surface area contributed by atoms with Crippen molar-refractivity contribution in [2.45, 2.75) is 13.3 Å². The van der Waals surface area contributed by atoms with Crippen LogP contribution in [0.1, 0.15) is 13.3 Å². The van der Waals surface area contributed by atoms with Crippen molar-refractivity contribution in [2.75, 3.05) is 19.8 Å². The molecule has 0 aliphatic heterocycles. The lowest BCUT2D eigenvalue weighted by molar-refractivity contribution is 0.131. The minimum absolute atomic E-state index is 0.248. The highest BCUT2D eigenvalue weighted by atomic mass is 19.4. The molecular formula is C11H15BF3O2-. The largest absolute Gasteiger partial charge is 0.509 e. The monoisotopic (exact) mass is 247 g/mol. The third-order valence-corrected chi connectivity index (χ3v) is 2.14. The van der Waals surface area contributed by atoms with Crippen molar-refractivity contribution in [3.63, 3.8) is 0 Å². The van der Waals surface area contributed by atoms with Gasteiger partial charge in [0.25, 0.3) is 0 Å². The van der Waals surface area contributed by atoms with Crippen LogP contribution in [0, 0.1) is 0 Å². The molecule has 0 N–H and O–H groups in total. The summed E-state index contributed by atoms with van der Waals surface area (Å²) >= 11 is 0. The fourth-order valence-electron chi connectivity index (χ4n) is 1.30. The second-order valence-corrected chi connectivity index (χ2v) is 3.55. The Morgan fingerprint density at radius 2 is 1.94 bits per heavy atom. The lowest BCUT2D eigenvalue weighted by Gasteiger charge is -2.16. The van der Waals surface area contributed by atoms with Crippen LogP contribution in [0.4, 0.5) is 12.9 Å². The molecule has 0 fully saturated rings. The van der Waals surface area contributed by atoms with Crippen molar-refractivity contribution in [1.29, 1.82) is 0 Å². The van der Waals surface area contributed by atoms with E-state index in [1.54, 1.807) is 0 Å². The van der Waals surface area contributed by atoms with Crippen molar-refractivity contribution in [3.8, 4) is 5.75 Å². The van der Waals surface area contributed by atoms with Crippen LogP contribution in [0.5, 0.6) is 5.75 Å². The Kier molecular flexibility index (Phi) is 5.35. The number of benzene rings is 1. The summed E-state index contributed by atoms with van der Waals surface area (Å²) in [7, 11) is 0. The smallest absolute Gasteiger partial charge is 0.494 e. The van der Waals surface area contributed by atoms with Crippen molar-refractivity contribution in [3.05, 3.63) is 24.3 Å². The summed E-state index contributed by atoms with van der Waals surface area (Å²) in [6, 6.07) is 4.95. The molecule has 1 aromatic carbocycles. The fourth-order valence-corrected chi connectivity index (χ4v) is 1.30. The Morgan fingerprint density at radius 1 is 1.18 bits per heavy atom. The minimum atomic E-state index is -4.96. The topological polar surface area (TPSA) is 18.5 Å². The third-order valence-electron chi connectivity index (χ3n) is 2.14. The van der Waals surface area contributed by atoms with E-state index in [1.807, 2.05) is 6.92 Å². The zero-order valence-corrected chi connectivity index (χ0v) is 9.67. The molecule has 6 heteroatoms. The standard InChI is InChI=1S/C11H15BF3O2/c1-2-16-7-4-8-17-11-6-3-5-10(9-11)12(13,14)15/h3,5-6,9H,2,4,7-8H2,1H3/q-1. The number of halogens is 3. The SMILES string of the molecule is CCOCCCOc1cccc([B-](F)(F)F)c1. The molecule has 0 spiro atoms. The van der Waals surface area contributed by atoms with Crippen molar-refractivity contribution < 1.29 is 22.4 Å². The summed E-state index contributed by atoms with van der Waals surface area (Å²) in [5, 5.41) is 0. The normalized spacial score (nSPS) is 11.5. The molecule has 0 heterocycles. The molecule has 0 radical (unpaired) electrons. The van der Waals surface area contributed by atoms with E-state index in [9.17, 15) is 12.9 Å². The zero-order valence-electron chi connectivity index (χ0n) is 9.67. The molecule has 0 unspecified atom stereocenters. The molecule has 0 saturated carbocycles. The molecule has 1 rings (SSSR count). The van der Waals surface area contributed by atoms with Crippen LogP contribution in [0.2, 0.25) is 0 Å². The Bertz CT molecular complexity index is 342. The molecule has 0 saturated heterocycles. The van der Waals surface area contributed by atoms with E-state index in [0.29, 0.717) is 26.2 Å². The van der Waals surface area contributed by atoms with Crippen LogP contribution >= 0.6 is 0 Å². The van der Waals surface area contributed by atoms with Crippen LogP contribution in [0.25, 0.3) is 0 Å². The molecule has 96 valence electrons. The zero-order chi connectivity index (χ0) is 12.7. The average Bonchev–Trinajstić information content (AvgIpc) is 2.28. The fraction of sp³-hybridized carbons (Fsp3) is 0.455. The maximum Gasteiger partial charge on any atom is 0.509 e. The first-order valence-electron chi connectivity index (χ1n) is 5.54. The van der Waals surface area contributed by atoms with Gasteiger partial charge in [0, 0.05) is 19.6 Å². The Balaban J connectivity index is 2.44. The number of hydrogen-bond donors (Lipinski definition) is 0. The highest BCUT2D eigenvalue weighted by molar-refractivity contribution is 6.73. The molecule has 0 aliphatic rings. The summed E-state index contributed by atoms with van der Waals surface area (Å²) in [4.78, 5) is 0. The van der Waals surface area contributed by atoms with Gasteiger partial charge in [-0.2, -0.15) is 0 Å². The highest BCUT2D eigenvalue weighted by Gasteiger charge is 2.25. The number of hydrogen-bond acceptors (Lipinski definition) is 2. The van der Waals surface area contributed by atoms with Gasteiger partial charge < -0.3 is 22.4 Å². The van der Waals surface area contributed by atoms with Gasteiger partial charge in [0.15, 0.2) is 0 Å². The van der Waals surface area contributed by atoms with Crippen molar-refractivity contribution in [2.24, 2.45) is 0 Å². The van der Waals surface area contributed by atoms with Gasteiger partial charge in [-0.3, -0.25) is 0 Å². The molecule has 1 aromatic rings. The van der Waals surface area contributed by atoms with E-state index in [2.05, 4.69) is 0 Å². The van der Waals surface area contributed by atoms with E-state index in [1.165, 1.54) is 12.1 Å². The lowest BCUT2D eigenvalue weighted by Crippen LogP contribution is -2.33. The first-order chi connectivity index (χ1) is 8.04. The van der Waals surface area contributed by atoms with Gasteiger partial charge in [0.2, 0.25) is 0 Å². The second-order valence-electron chi connectivity index (χ2n) is 3.55. The van der Waals surface area contributed by atoms with Gasteiger partial charge in [-0.25, -0.2) is 0 Å². The van der Waals surface area contributed by atoms with Crippen molar-refractivity contribution >= 4 is 12.4 Å². The maximum atomic E-state index is 12.4. The third kappa shape index (κ3) is 5.13. The van der Waals surface area contributed by atoms with E-state index in [-0.39, 0.29) is 5.75 Å². The van der Waals surface area contributed by atoms with E-state index >= 15 is 0 Å². The van der Waals surface area contributed by atoms with E-state index in [4.69, 9.17) is 9.47 Å². The summed E-state index contributed by atoms with van der Waals surface area (Å²) in [6.07, 6.45) is 0.662. The first kappa shape index (κ1) is 13.9. The van der Waals surface area contributed by atoms with Gasteiger partial charge in [-0.1, -0.05) is 12.1 Å². The Labute approximate surface area is 98.8 Å².